The fourth-order valence-electron chi connectivity index (χ4n) is 2.17. The molecule has 8 heteroatoms. The molecule has 0 saturated carbocycles. The van der Waals surface area contributed by atoms with Gasteiger partial charge in [-0.25, -0.2) is 4.79 Å². The maximum Gasteiger partial charge on any atom is 0.364 e. The summed E-state index contributed by atoms with van der Waals surface area (Å²) < 4.78 is 10.7. The van der Waals surface area contributed by atoms with Crippen LogP contribution in [0.1, 0.15) is 23.0 Å². The Kier molecular flexibility index (Phi) is 5.59. The molecule has 7 nitrogen and oxygen atoms in total. The first-order valence-electron chi connectivity index (χ1n) is 7.96. The summed E-state index contributed by atoms with van der Waals surface area (Å²) in [5.74, 6) is -0.117. The molecule has 0 aliphatic rings. The number of hydrogen-bond acceptors (Lipinski definition) is 7. The number of carbonyl (C=O) groups excluding carboxylic acids is 1. The van der Waals surface area contributed by atoms with Crippen molar-refractivity contribution in [3.05, 3.63) is 64.8 Å². The van der Waals surface area contributed by atoms with Crippen LogP contribution in [0.5, 0.6) is 11.6 Å². The van der Waals surface area contributed by atoms with E-state index in [2.05, 4.69) is 15.2 Å². The standard InChI is InChI=1S/C19H13ClN4O3/c1-2-26-19(25)16-18(27-15-8-6-14(20)7-9-15)22-17(24-23-16)13-5-3-4-12(10-13)11-21/h3-10H,2H2,1H3. The lowest BCUT2D eigenvalue weighted by Crippen LogP contribution is -2.12. The number of rotatable bonds is 5. The Labute approximate surface area is 160 Å². The SMILES string of the molecule is CCOC(=O)c1nnc(-c2cccc(C#N)c2)nc1Oc1ccc(Cl)cc1. The van der Waals surface area contributed by atoms with E-state index in [9.17, 15) is 4.79 Å². The quantitative estimate of drug-likeness (QED) is 0.616. The topological polar surface area (TPSA) is 98.0 Å². The van der Waals surface area contributed by atoms with Gasteiger partial charge in [0.2, 0.25) is 5.69 Å². The minimum absolute atomic E-state index is 0.0527. The van der Waals surface area contributed by atoms with Crippen molar-refractivity contribution >= 4 is 17.6 Å². The van der Waals surface area contributed by atoms with Crippen molar-refractivity contribution in [1.29, 1.82) is 5.26 Å². The van der Waals surface area contributed by atoms with Gasteiger partial charge in [-0.3, -0.25) is 0 Å². The first-order valence-corrected chi connectivity index (χ1v) is 8.34. The van der Waals surface area contributed by atoms with Crippen LogP contribution in [0.15, 0.2) is 48.5 Å². The number of carbonyl (C=O) groups is 1. The summed E-state index contributed by atoms with van der Waals surface area (Å²) in [6, 6.07) is 15.3. The Morgan fingerprint density at radius 2 is 1.96 bits per heavy atom. The molecule has 0 saturated heterocycles. The predicted octanol–water partition coefficient (Wildman–Crippen LogP) is 4.03. The molecule has 27 heavy (non-hydrogen) atoms. The number of ether oxygens (including phenoxy) is 2. The molecule has 0 atom stereocenters. The number of halogens is 1. The Bertz CT molecular complexity index is 1020. The molecule has 0 aliphatic heterocycles. The summed E-state index contributed by atoms with van der Waals surface area (Å²) in [6.45, 7) is 1.85. The number of nitrogens with zero attached hydrogens (tertiary/aromatic N) is 4. The number of esters is 1. The van der Waals surface area contributed by atoms with Crippen LogP contribution in [0.2, 0.25) is 5.02 Å². The molecule has 0 radical (unpaired) electrons. The lowest BCUT2D eigenvalue weighted by Gasteiger charge is -2.10. The number of hydrogen-bond donors (Lipinski definition) is 0. The summed E-state index contributed by atoms with van der Waals surface area (Å²) >= 11 is 5.88. The fourth-order valence-corrected chi connectivity index (χ4v) is 2.30. The zero-order valence-corrected chi connectivity index (χ0v) is 15.0. The second-order valence-electron chi connectivity index (χ2n) is 5.26. The fraction of sp³-hybridized carbons (Fsp3) is 0.105. The monoisotopic (exact) mass is 380 g/mol. The molecule has 0 N–H and O–H groups in total. The van der Waals surface area contributed by atoms with Gasteiger partial charge < -0.3 is 9.47 Å². The van der Waals surface area contributed by atoms with E-state index in [1.165, 1.54) is 0 Å². The minimum atomic E-state index is -0.696. The summed E-state index contributed by atoms with van der Waals surface area (Å²) in [4.78, 5) is 16.4. The van der Waals surface area contributed by atoms with Crippen molar-refractivity contribution in [1.82, 2.24) is 15.2 Å². The number of nitriles is 1. The molecule has 3 rings (SSSR count). The van der Waals surface area contributed by atoms with Crippen LogP contribution < -0.4 is 4.74 Å². The Morgan fingerprint density at radius 3 is 2.67 bits per heavy atom. The molecule has 1 aromatic heterocycles. The highest BCUT2D eigenvalue weighted by Gasteiger charge is 2.21. The third-order valence-corrected chi connectivity index (χ3v) is 3.65. The van der Waals surface area contributed by atoms with E-state index in [4.69, 9.17) is 26.3 Å². The average Bonchev–Trinajstić information content (AvgIpc) is 2.70. The lowest BCUT2D eigenvalue weighted by molar-refractivity contribution is 0.0514. The van der Waals surface area contributed by atoms with E-state index in [-0.39, 0.29) is 24.0 Å². The Hall–Kier alpha value is -3.50. The van der Waals surface area contributed by atoms with Gasteiger partial charge >= 0.3 is 5.97 Å². The van der Waals surface area contributed by atoms with Crippen LogP contribution in [0.3, 0.4) is 0 Å². The van der Waals surface area contributed by atoms with Crippen molar-refractivity contribution in [3.63, 3.8) is 0 Å². The second-order valence-corrected chi connectivity index (χ2v) is 5.69. The molecule has 1 heterocycles. The second kappa shape index (κ2) is 8.25. The smallest absolute Gasteiger partial charge is 0.364 e. The molecule has 2 aromatic carbocycles. The summed E-state index contributed by atoms with van der Waals surface area (Å²) in [5, 5.41) is 17.5. The third-order valence-electron chi connectivity index (χ3n) is 3.40. The summed E-state index contributed by atoms with van der Waals surface area (Å²) in [7, 11) is 0. The van der Waals surface area contributed by atoms with Crippen LogP contribution in [0.25, 0.3) is 11.4 Å². The highest BCUT2D eigenvalue weighted by Crippen LogP contribution is 2.26. The first kappa shape index (κ1) is 18.3. The van der Waals surface area contributed by atoms with E-state index in [0.717, 1.165) is 0 Å². The van der Waals surface area contributed by atoms with Crippen LogP contribution in [-0.4, -0.2) is 27.8 Å². The maximum absolute atomic E-state index is 12.1. The van der Waals surface area contributed by atoms with Gasteiger partial charge in [0.1, 0.15) is 5.75 Å². The molecule has 0 amide bonds. The molecule has 0 bridgehead atoms. The largest absolute Gasteiger partial charge is 0.461 e. The molecule has 0 aliphatic carbocycles. The summed E-state index contributed by atoms with van der Waals surface area (Å²) in [6.07, 6.45) is 0. The zero-order valence-electron chi connectivity index (χ0n) is 14.2. The Morgan fingerprint density at radius 1 is 1.19 bits per heavy atom. The molecular weight excluding hydrogens is 368 g/mol. The van der Waals surface area contributed by atoms with E-state index in [1.807, 2.05) is 6.07 Å². The van der Waals surface area contributed by atoms with Crippen molar-refractivity contribution in [2.45, 2.75) is 6.92 Å². The van der Waals surface area contributed by atoms with Gasteiger partial charge in [-0.05, 0) is 43.3 Å². The van der Waals surface area contributed by atoms with Crippen LogP contribution in [0.4, 0.5) is 0 Å². The minimum Gasteiger partial charge on any atom is -0.461 e. The van der Waals surface area contributed by atoms with E-state index < -0.39 is 5.97 Å². The maximum atomic E-state index is 12.1. The van der Waals surface area contributed by atoms with Crippen LogP contribution in [0, 0.1) is 11.3 Å². The van der Waals surface area contributed by atoms with Gasteiger partial charge in [0.15, 0.2) is 5.82 Å². The van der Waals surface area contributed by atoms with Crippen molar-refractivity contribution in [2.24, 2.45) is 0 Å². The van der Waals surface area contributed by atoms with Gasteiger partial charge in [0.05, 0.1) is 18.2 Å². The van der Waals surface area contributed by atoms with Crippen molar-refractivity contribution in [2.75, 3.05) is 6.61 Å². The van der Waals surface area contributed by atoms with Crippen LogP contribution in [-0.2, 0) is 4.74 Å². The molecule has 134 valence electrons. The van der Waals surface area contributed by atoms with E-state index >= 15 is 0 Å². The normalized spacial score (nSPS) is 10.1. The lowest BCUT2D eigenvalue weighted by atomic mass is 10.1. The van der Waals surface area contributed by atoms with E-state index in [0.29, 0.717) is 21.9 Å². The highest BCUT2D eigenvalue weighted by molar-refractivity contribution is 6.30. The first-order chi connectivity index (χ1) is 13.1. The molecule has 3 aromatic rings. The average molecular weight is 381 g/mol. The molecule has 0 fully saturated rings. The van der Waals surface area contributed by atoms with Crippen molar-refractivity contribution < 1.29 is 14.3 Å². The predicted molar refractivity (Wildman–Crippen MR) is 97.5 cm³/mol. The van der Waals surface area contributed by atoms with E-state index in [1.54, 1.807) is 55.5 Å². The van der Waals surface area contributed by atoms with Crippen LogP contribution >= 0.6 is 11.6 Å². The van der Waals surface area contributed by atoms with Crippen molar-refractivity contribution in [3.8, 4) is 29.1 Å². The van der Waals surface area contributed by atoms with Gasteiger partial charge in [-0.15, -0.1) is 10.2 Å². The summed E-state index contributed by atoms with van der Waals surface area (Å²) in [5.41, 5.74) is 0.871. The number of aromatic nitrogens is 3. The van der Waals surface area contributed by atoms with Gasteiger partial charge in [0.25, 0.3) is 5.88 Å². The zero-order chi connectivity index (χ0) is 19.2. The molecule has 0 unspecified atom stereocenters. The molecular formula is C19H13ClN4O3. The highest BCUT2D eigenvalue weighted by atomic mass is 35.5. The third kappa shape index (κ3) is 4.37. The Balaban J connectivity index is 2.04. The van der Waals surface area contributed by atoms with Gasteiger partial charge in [-0.1, -0.05) is 23.7 Å². The number of benzene rings is 2. The van der Waals surface area contributed by atoms with Gasteiger partial charge in [-0.2, -0.15) is 10.2 Å². The molecule has 0 spiro atoms. The van der Waals surface area contributed by atoms with Gasteiger partial charge in [0, 0.05) is 10.6 Å².